The monoisotopic (exact) mass is 233 g/mol. The average molecular weight is 233 g/mol. The summed E-state index contributed by atoms with van der Waals surface area (Å²) >= 11 is 0. The largest absolute Gasteiger partial charge is 0.370 e. The predicted molar refractivity (Wildman–Crippen MR) is 74.7 cm³/mol. The van der Waals surface area contributed by atoms with Gasteiger partial charge >= 0.3 is 0 Å². The zero-order valence-corrected chi connectivity index (χ0v) is 11.3. The highest BCUT2D eigenvalue weighted by molar-refractivity contribution is 5.81. The van der Waals surface area contributed by atoms with Crippen molar-refractivity contribution < 1.29 is 0 Å². The van der Waals surface area contributed by atoms with Crippen LogP contribution in [0, 0.1) is 0 Å². The molecule has 0 radical (unpaired) electrons. The van der Waals surface area contributed by atoms with E-state index in [2.05, 4.69) is 44.5 Å². The first-order valence-electron chi connectivity index (χ1n) is 6.07. The maximum absolute atomic E-state index is 5.87. The van der Waals surface area contributed by atoms with Gasteiger partial charge < -0.3 is 10.6 Å². The second-order valence-corrected chi connectivity index (χ2v) is 4.44. The molecule has 94 valence electrons. The highest BCUT2D eigenvalue weighted by Gasteiger charge is 2.21. The summed E-state index contributed by atoms with van der Waals surface area (Å²) in [4.78, 5) is 6.35. The molecule has 0 aromatic heterocycles. The molecule has 1 atom stereocenters. The molecule has 0 aromatic rings. The lowest BCUT2D eigenvalue weighted by Gasteiger charge is -2.29. The van der Waals surface area contributed by atoms with Gasteiger partial charge in [0.15, 0.2) is 5.96 Å². The molecular formula is C14H23N3. The summed E-state index contributed by atoms with van der Waals surface area (Å²) in [6.07, 6.45) is 6.24. The van der Waals surface area contributed by atoms with Crippen LogP contribution in [0.15, 0.2) is 40.6 Å². The van der Waals surface area contributed by atoms with Crippen molar-refractivity contribution in [2.45, 2.75) is 39.7 Å². The molecular weight excluding hydrogens is 210 g/mol. The van der Waals surface area contributed by atoms with Crippen LogP contribution in [0.4, 0.5) is 0 Å². The van der Waals surface area contributed by atoms with E-state index in [1.54, 1.807) is 0 Å². The van der Waals surface area contributed by atoms with Crippen LogP contribution < -0.4 is 5.73 Å². The van der Waals surface area contributed by atoms with E-state index in [1.165, 1.54) is 11.1 Å². The minimum absolute atomic E-state index is 0.139. The zero-order valence-electron chi connectivity index (χ0n) is 11.3. The SMILES string of the molecule is C=C1CC(/C(C)=C/C(=C\C)CC)N=C(N)N1C. The van der Waals surface area contributed by atoms with Crippen LogP contribution in [0.3, 0.4) is 0 Å². The first-order chi connectivity index (χ1) is 7.99. The fourth-order valence-electron chi connectivity index (χ4n) is 1.85. The number of rotatable bonds is 3. The molecule has 0 aliphatic carbocycles. The van der Waals surface area contributed by atoms with Crippen LogP contribution in [-0.2, 0) is 0 Å². The van der Waals surface area contributed by atoms with Gasteiger partial charge in [-0.2, -0.15) is 0 Å². The van der Waals surface area contributed by atoms with E-state index in [9.17, 15) is 0 Å². The molecule has 0 saturated heterocycles. The Labute approximate surface area is 104 Å². The molecule has 0 fully saturated rings. The third-order valence-electron chi connectivity index (χ3n) is 3.25. The van der Waals surface area contributed by atoms with E-state index >= 15 is 0 Å². The van der Waals surface area contributed by atoms with Gasteiger partial charge in [-0.3, -0.25) is 0 Å². The van der Waals surface area contributed by atoms with Crippen molar-refractivity contribution in [2.75, 3.05) is 7.05 Å². The minimum Gasteiger partial charge on any atom is -0.370 e. The third-order valence-corrected chi connectivity index (χ3v) is 3.25. The van der Waals surface area contributed by atoms with Gasteiger partial charge in [-0.25, -0.2) is 4.99 Å². The molecule has 0 saturated carbocycles. The number of aliphatic imine (C=N–C) groups is 1. The van der Waals surface area contributed by atoms with Crippen molar-refractivity contribution in [2.24, 2.45) is 10.7 Å². The molecule has 17 heavy (non-hydrogen) atoms. The standard InChI is InChI=1S/C14H23N3/c1-6-12(7-2)8-10(3)13-9-11(4)17(5)14(15)16-13/h6,8,13H,4,7,9H2,1-3,5H3,(H2,15,16)/b10-8+,12-6-. The van der Waals surface area contributed by atoms with Crippen molar-refractivity contribution in [3.63, 3.8) is 0 Å². The van der Waals surface area contributed by atoms with Gasteiger partial charge in [-0.05, 0) is 25.8 Å². The van der Waals surface area contributed by atoms with Crippen LogP contribution in [0.1, 0.15) is 33.6 Å². The minimum atomic E-state index is 0.139. The lowest BCUT2D eigenvalue weighted by atomic mass is 9.99. The van der Waals surface area contributed by atoms with Crippen molar-refractivity contribution in [1.82, 2.24) is 4.90 Å². The molecule has 0 bridgehead atoms. The third kappa shape index (κ3) is 3.22. The van der Waals surface area contributed by atoms with Gasteiger partial charge in [0.2, 0.25) is 0 Å². The maximum atomic E-state index is 5.87. The molecule has 1 unspecified atom stereocenters. The molecule has 1 rings (SSSR count). The molecule has 2 N–H and O–H groups in total. The Morgan fingerprint density at radius 3 is 2.76 bits per heavy atom. The van der Waals surface area contributed by atoms with E-state index in [0.717, 1.165) is 18.5 Å². The maximum Gasteiger partial charge on any atom is 0.195 e. The molecule has 1 heterocycles. The van der Waals surface area contributed by atoms with E-state index < -0.39 is 0 Å². The molecule has 3 heteroatoms. The summed E-state index contributed by atoms with van der Waals surface area (Å²) in [6.45, 7) is 10.4. The summed E-state index contributed by atoms with van der Waals surface area (Å²) in [5.74, 6) is 0.553. The van der Waals surface area contributed by atoms with Crippen molar-refractivity contribution >= 4 is 5.96 Å². The van der Waals surface area contributed by atoms with Gasteiger partial charge in [0, 0.05) is 19.2 Å². The van der Waals surface area contributed by atoms with Gasteiger partial charge in [-0.15, -0.1) is 0 Å². The Morgan fingerprint density at radius 1 is 1.65 bits per heavy atom. The van der Waals surface area contributed by atoms with Crippen molar-refractivity contribution in [3.8, 4) is 0 Å². The quantitative estimate of drug-likeness (QED) is 0.762. The number of guanidine groups is 1. The fourth-order valence-corrected chi connectivity index (χ4v) is 1.85. The second kappa shape index (κ2) is 5.71. The summed E-state index contributed by atoms with van der Waals surface area (Å²) in [5.41, 5.74) is 9.47. The number of nitrogens with zero attached hydrogens (tertiary/aromatic N) is 2. The van der Waals surface area contributed by atoms with Gasteiger partial charge in [0.1, 0.15) is 0 Å². The Bertz CT molecular complexity index is 388. The summed E-state index contributed by atoms with van der Waals surface area (Å²) < 4.78 is 0. The van der Waals surface area contributed by atoms with E-state index in [4.69, 9.17) is 5.73 Å². The topological polar surface area (TPSA) is 41.6 Å². The van der Waals surface area contributed by atoms with Crippen LogP contribution in [0.5, 0.6) is 0 Å². The zero-order chi connectivity index (χ0) is 13.0. The van der Waals surface area contributed by atoms with Crippen LogP contribution >= 0.6 is 0 Å². The van der Waals surface area contributed by atoms with Crippen LogP contribution in [0.2, 0.25) is 0 Å². The molecule has 0 amide bonds. The van der Waals surface area contributed by atoms with Crippen LogP contribution in [-0.4, -0.2) is 23.9 Å². The lowest BCUT2D eigenvalue weighted by molar-refractivity contribution is 0.520. The first-order valence-corrected chi connectivity index (χ1v) is 6.07. The van der Waals surface area contributed by atoms with Crippen molar-refractivity contribution in [1.29, 1.82) is 0 Å². The molecule has 0 aromatic carbocycles. The average Bonchev–Trinajstić information content (AvgIpc) is 2.31. The Hall–Kier alpha value is -1.51. The van der Waals surface area contributed by atoms with E-state index in [0.29, 0.717) is 5.96 Å². The Balaban J connectivity index is 2.91. The molecule has 0 spiro atoms. The normalized spacial score (nSPS) is 22.8. The van der Waals surface area contributed by atoms with Gasteiger partial charge in [0.05, 0.1) is 6.04 Å². The summed E-state index contributed by atoms with van der Waals surface area (Å²) in [7, 11) is 1.90. The summed E-state index contributed by atoms with van der Waals surface area (Å²) in [5, 5.41) is 0. The van der Waals surface area contributed by atoms with Gasteiger partial charge in [0.25, 0.3) is 0 Å². The number of hydrogen-bond donors (Lipinski definition) is 1. The smallest absolute Gasteiger partial charge is 0.195 e. The van der Waals surface area contributed by atoms with E-state index in [-0.39, 0.29) is 6.04 Å². The molecule has 1 aliphatic heterocycles. The second-order valence-electron chi connectivity index (χ2n) is 4.44. The van der Waals surface area contributed by atoms with E-state index in [1.807, 2.05) is 11.9 Å². The van der Waals surface area contributed by atoms with Crippen LogP contribution in [0.25, 0.3) is 0 Å². The molecule has 3 nitrogen and oxygen atoms in total. The van der Waals surface area contributed by atoms with Gasteiger partial charge in [-0.1, -0.05) is 31.2 Å². The lowest BCUT2D eigenvalue weighted by Crippen LogP contribution is -2.39. The fraction of sp³-hybridized carbons (Fsp3) is 0.500. The predicted octanol–water partition coefficient (Wildman–Crippen LogP) is 2.82. The van der Waals surface area contributed by atoms with Crippen molar-refractivity contribution in [3.05, 3.63) is 35.6 Å². The number of hydrogen-bond acceptors (Lipinski definition) is 3. The highest BCUT2D eigenvalue weighted by atomic mass is 15.3. The first kappa shape index (κ1) is 13.6. The Morgan fingerprint density at radius 2 is 2.29 bits per heavy atom. The number of nitrogens with two attached hydrogens (primary N) is 1. The summed E-state index contributed by atoms with van der Waals surface area (Å²) in [6, 6.07) is 0.139. The Kier molecular flexibility index (Phi) is 4.55. The number of allylic oxidation sites excluding steroid dienone is 3. The highest BCUT2D eigenvalue weighted by Crippen LogP contribution is 2.23. The molecule has 1 aliphatic rings.